The van der Waals surface area contributed by atoms with Gasteiger partial charge in [0.2, 0.25) is 17.6 Å². The van der Waals surface area contributed by atoms with Crippen molar-refractivity contribution in [2.24, 2.45) is 5.92 Å². The van der Waals surface area contributed by atoms with Crippen LogP contribution in [0.25, 0.3) is 0 Å². The van der Waals surface area contributed by atoms with Gasteiger partial charge in [-0.1, -0.05) is 13.8 Å². The lowest BCUT2D eigenvalue weighted by Gasteiger charge is -2.41. The van der Waals surface area contributed by atoms with Crippen LogP contribution in [0, 0.1) is 17.2 Å². The summed E-state index contributed by atoms with van der Waals surface area (Å²) in [7, 11) is 1.47. The van der Waals surface area contributed by atoms with E-state index in [1.165, 1.54) is 19.4 Å². The molecule has 2 aliphatic rings. The molecule has 1 fully saturated rings. The molecule has 2 aromatic heterocycles. The molecule has 2 aliphatic heterocycles. The van der Waals surface area contributed by atoms with E-state index >= 15 is 0 Å². The topological polar surface area (TPSA) is 108 Å². The van der Waals surface area contributed by atoms with Gasteiger partial charge in [-0.15, -0.1) is 5.10 Å². The number of nitriles is 1. The molecule has 0 aliphatic carbocycles. The van der Waals surface area contributed by atoms with Crippen molar-refractivity contribution in [2.75, 3.05) is 25.1 Å². The summed E-state index contributed by atoms with van der Waals surface area (Å²) >= 11 is 0. The van der Waals surface area contributed by atoms with E-state index in [4.69, 9.17) is 10.00 Å². The van der Waals surface area contributed by atoms with Crippen LogP contribution in [-0.4, -0.2) is 51.2 Å². The maximum absolute atomic E-state index is 13.5. The molecule has 176 valence electrons. The number of nitrogens with zero attached hydrogens (tertiary/aromatic N) is 7. The second kappa shape index (κ2) is 9.60. The lowest BCUT2D eigenvalue weighted by atomic mass is 9.94. The van der Waals surface area contributed by atoms with Gasteiger partial charge in [0, 0.05) is 32.4 Å². The van der Waals surface area contributed by atoms with E-state index < -0.39 is 5.92 Å². The molecule has 4 heterocycles. The molecule has 4 rings (SSSR count). The maximum atomic E-state index is 13.5. The monoisotopic (exact) mass is 459 g/mol. The minimum absolute atomic E-state index is 0.00900. The number of ether oxygens (including phenoxy) is 1. The first-order valence-electron chi connectivity index (χ1n) is 10.8. The Balaban J connectivity index is 0.00000149. The molecule has 33 heavy (non-hydrogen) atoms. The van der Waals surface area contributed by atoms with Crippen LogP contribution in [0.5, 0.6) is 5.88 Å². The number of rotatable bonds is 5. The van der Waals surface area contributed by atoms with Gasteiger partial charge in [0.15, 0.2) is 0 Å². The van der Waals surface area contributed by atoms with Gasteiger partial charge in [0.1, 0.15) is 11.8 Å². The summed E-state index contributed by atoms with van der Waals surface area (Å²) in [6.45, 7) is 8.10. The Labute approximate surface area is 191 Å². The summed E-state index contributed by atoms with van der Waals surface area (Å²) in [6.07, 6.45) is 1.77. The number of methoxy groups -OCH3 is 1. The molecule has 0 radical (unpaired) electrons. The summed E-state index contributed by atoms with van der Waals surface area (Å²) in [5.74, 6) is -2.67. The predicted octanol–water partition coefficient (Wildman–Crippen LogP) is 3.21. The van der Waals surface area contributed by atoms with Crippen LogP contribution < -0.4 is 9.64 Å². The van der Waals surface area contributed by atoms with E-state index in [0.29, 0.717) is 43.3 Å². The summed E-state index contributed by atoms with van der Waals surface area (Å²) in [4.78, 5) is 24.9. The second-order valence-electron chi connectivity index (χ2n) is 7.89. The van der Waals surface area contributed by atoms with Crippen LogP contribution in [0.2, 0.25) is 0 Å². The smallest absolute Gasteiger partial charge is 0.288 e. The van der Waals surface area contributed by atoms with Gasteiger partial charge in [-0.05, 0) is 13.0 Å². The zero-order valence-corrected chi connectivity index (χ0v) is 19.3. The van der Waals surface area contributed by atoms with Crippen molar-refractivity contribution < 1.29 is 18.3 Å². The maximum Gasteiger partial charge on any atom is 0.288 e. The highest BCUT2D eigenvalue weighted by molar-refractivity contribution is 5.78. The van der Waals surface area contributed by atoms with E-state index in [1.807, 2.05) is 31.7 Å². The normalized spacial score (nSPS) is 17.5. The zero-order valence-electron chi connectivity index (χ0n) is 19.3. The molecule has 0 aromatic carbocycles. The van der Waals surface area contributed by atoms with E-state index in [0.717, 1.165) is 12.5 Å². The molecule has 0 spiro atoms. The van der Waals surface area contributed by atoms with Gasteiger partial charge in [-0.25, -0.2) is 4.98 Å². The molecular formula is C22H27F2N7O2. The Morgan fingerprint density at radius 3 is 2.64 bits per heavy atom. The van der Waals surface area contributed by atoms with Gasteiger partial charge in [0.25, 0.3) is 5.92 Å². The first-order chi connectivity index (χ1) is 15.7. The van der Waals surface area contributed by atoms with Crippen molar-refractivity contribution >= 4 is 11.6 Å². The quantitative estimate of drug-likeness (QED) is 0.671. The number of alkyl halides is 2. The highest BCUT2D eigenvalue weighted by Gasteiger charge is 2.38. The SMILES string of the molecule is CC.COc1nc(C#N)nc2c1C(C)N(C(=O)CC1CN(c3cnnc(C(C)(F)F)c3)C1)C2. The number of anilines is 1. The molecule has 9 nitrogen and oxygen atoms in total. The van der Waals surface area contributed by atoms with E-state index in [9.17, 15) is 13.6 Å². The van der Waals surface area contributed by atoms with Crippen LogP contribution in [0.3, 0.4) is 0 Å². The third kappa shape index (κ3) is 4.84. The number of carbonyl (C=O) groups excluding carboxylic acids is 1. The molecule has 0 bridgehead atoms. The fourth-order valence-corrected chi connectivity index (χ4v) is 4.02. The van der Waals surface area contributed by atoms with E-state index in [2.05, 4.69) is 20.2 Å². The Morgan fingerprint density at radius 2 is 2.03 bits per heavy atom. The first kappa shape index (κ1) is 24.2. The van der Waals surface area contributed by atoms with Crippen LogP contribution in [0.15, 0.2) is 12.3 Å². The second-order valence-corrected chi connectivity index (χ2v) is 7.89. The van der Waals surface area contributed by atoms with Crippen LogP contribution >= 0.6 is 0 Å². The summed E-state index contributed by atoms with van der Waals surface area (Å²) in [6, 6.07) is 2.98. The van der Waals surface area contributed by atoms with Gasteiger partial charge in [-0.3, -0.25) is 4.79 Å². The summed E-state index contributed by atoms with van der Waals surface area (Å²) in [5.41, 5.74) is 1.54. The molecule has 2 aromatic rings. The molecule has 1 amide bonds. The number of carbonyl (C=O) groups is 1. The lowest BCUT2D eigenvalue weighted by molar-refractivity contribution is -0.134. The highest BCUT2D eigenvalue weighted by atomic mass is 19.3. The van der Waals surface area contributed by atoms with Gasteiger partial charge >= 0.3 is 0 Å². The van der Waals surface area contributed by atoms with E-state index in [1.54, 1.807) is 4.90 Å². The standard InChI is InChI=1S/C20H21F2N7O2.C2H6/c1-11-18-14(25-16(6-23)26-19(18)31-3)10-29(11)17(30)4-12-8-28(9-12)13-5-15(20(2,21)22)27-24-7-13;1-2/h5,7,11-12H,4,8-10H2,1-3H3;1-2H3. The van der Waals surface area contributed by atoms with Crippen LogP contribution in [0.1, 0.15) is 62.9 Å². The lowest BCUT2D eigenvalue weighted by Crippen LogP contribution is -2.49. The number of amides is 1. The van der Waals surface area contributed by atoms with Crippen molar-refractivity contribution in [2.45, 2.75) is 52.6 Å². The zero-order chi connectivity index (χ0) is 24.3. The van der Waals surface area contributed by atoms with Gasteiger partial charge in [0.05, 0.1) is 42.8 Å². The minimum atomic E-state index is -3.06. The number of hydrogen-bond acceptors (Lipinski definition) is 8. The van der Waals surface area contributed by atoms with Crippen molar-refractivity contribution in [1.82, 2.24) is 25.1 Å². The van der Waals surface area contributed by atoms with Gasteiger partial charge < -0.3 is 14.5 Å². The number of fused-ring (bicyclic) bond motifs is 1. The third-order valence-electron chi connectivity index (χ3n) is 5.68. The molecule has 1 saturated heterocycles. The Kier molecular flexibility index (Phi) is 7.05. The van der Waals surface area contributed by atoms with Crippen LogP contribution in [-0.2, 0) is 17.3 Å². The third-order valence-corrected chi connectivity index (χ3v) is 5.68. The Morgan fingerprint density at radius 1 is 1.33 bits per heavy atom. The Hall–Kier alpha value is -3.42. The fraction of sp³-hybridized carbons (Fsp3) is 0.545. The largest absolute Gasteiger partial charge is 0.481 e. The molecule has 1 atom stereocenters. The van der Waals surface area contributed by atoms with Crippen molar-refractivity contribution in [1.29, 1.82) is 5.26 Å². The first-order valence-corrected chi connectivity index (χ1v) is 10.8. The number of halogens is 2. The molecular weight excluding hydrogens is 432 g/mol. The van der Waals surface area contributed by atoms with Crippen molar-refractivity contribution in [3.8, 4) is 11.9 Å². The average Bonchev–Trinajstić information content (AvgIpc) is 3.12. The average molecular weight is 460 g/mol. The summed E-state index contributed by atoms with van der Waals surface area (Å²) in [5, 5.41) is 16.3. The summed E-state index contributed by atoms with van der Waals surface area (Å²) < 4.78 is 32.3. The molecule has 0 saturated carbocycles. The predicted molar refractivity (Wildman–Crippen MR) is 116 cm³/mol. The number of aromatic nitrogens is 4. The van der Waals surface area contributed by atoms with E-state index in [-0.39, 0.29) is 29.4 Å². The van der Waals surface area contributed by atoms with Gasteiger partial charge in [-0.2, -0.15) is 24.1 Å². The fourth-order valence-electron chi connectivity index (χ4n) is 4.02. The molecule has 1 unspecified atom stereocenters. The Bertz CT molecular complexity index is 1060. The van der Waals surface area contributed by atoms with Crippen molar-refractivity contribution in [3.63, 3.8) is 0 Å². The highest BCUT2D eigenvalue weighted by Crippen LogP contribution is 2.39. The number of hydrogen-bond donors (Lipinski definition) is 0. The molecule has 0 N–H and O–H groups in total. The minimum Gasteiger partial charge on any atom is -0.481 e. The molecule has 11 heteroatoms. The van der Waals surface area contributed by atoms with Crippen molar-refractivity contribution in [3.05, 3.63) is 35.0 Å². The van der Waals surface area contributed by atoms with Crippen LogP contribution in [0.4, 0.5) is 14.5 Å².